The topological polar surface area (TPSA) is 29.1 Å². The van der Waals surface area contributed by atoms with Gasteiger partial charge in [-0.05, 0) is 28.1 Å². The fourth-order valence-corrected chi connectivity index (χ4v) is 1.45. The maximum Gasteiger partial charge on any atom is 0.478 e. The Bertz CT molecular complexity index is 383. The average Bonchev–Trinajstić information content (AvgIpc) is 2.18. The zero-order valence-electron chi connectivity index (χ0n) is 8.22. The standard InChI is InChI=1S/C9H9BBrF3NO/c11-7-3-1-2-4-8(7)15-9(16)5-6-10(12,13)14/h1-4H,5-6H2,(H,15,16)/q-1. The highest BCUT2D eigenvalue weighted by atomic mass is 79.9. The molecule has 88 valence electrons. The Hall–Kier alpha value is -0.975. The third-order valence-electron chi connectivity index (χ3n) is 1.85. The molecule has 2 nitrogen and oxygen atoms in total. The molecular weight excluding hydrogens is 286 g/mol. The number of carbonyl (C=O) groups excluding carboxylic acids is 1. The molecule has 0 heterocycles. The maximum absolute atomic E-state index is 11.9. The summed E-state index contributed by atoms with van der Waals surface area (Å²) in [6, 6.07) is 6.75. The van der Waals surface area contributed by atoms with Crippen molar-refractivity contribution in [3.63, 3.8) is 0 Å². The molecule has 1 aromatic carbocycles. The van der Waals surface area contributed by atoms with Crippen LogP contribution in [0.3, 0.4) is 0 Å². The first-order valence-electron chi connectivity index (χ1n) is 4.64. The number of hydrogen-bond donors (Lipinski definition) is 1. The van der Waals surface area contributed by atoms with Gasteiger partial charge in [0.2, 0.25) is 5.91 Å². The molecule has 0 aliphatic rings. The van der Waals surface area contributed by atoms with Gasteiger partial charge in [-0.1, -0.05) is 18.5 Å². The zero-order valence-corrected chi connectivity index (χ0v) is 9.81. The van der Waals surface area contributed by atoms with Crippen molar-refractivity contribution in [2.75, 3.05) is 5.32 Å². The summed E-state index contributed by atoms with van der Waals surface area (Å²) in [5.41, 5.74) is 0.474. The van der Waals surface area contributed by atoms with Crippen LogP contribution in [0, 0.1) is 0 Å². The lowest BCUT2D eigenvalue weighted by Crippen LogP contribution is -2.19. The summed E-state index contributed by atoms with van der Waals surface area (Å²) in [4.78, 5) is 11.2. The minimum Gasteiger partial charge on any atom is -0.449 e. The molecule has 0 bridgehead atoms. The fourth-order valence-electron chi connectivity index (χ4n) is 1.07. The molecule has 0 unspecified atom stereocenters. The quantitative estimate of drug-likeness (QED) is 0.844. The first-order valence-corrected chi connectivity index (χ1v) is 5.43. The van der Waals surface area contributed by atoms with E-state index in [0.29, 0.717) is 10.2 Å². The summed E-state index contributed by atoms with van der Waals surface area (Å²) in [5.74, 6) is -0.633. The van der Waals surface area contributed by atoms with E-state index in [0.717, 1.165) is 0 Å². The van der Waals surface area contributed by atoms with Crippen molar-refractivity contribution in [3.8, 4) is 0 Å². The van der Waals surface area contributed by atoms with Gasteiger partial charge in [-0.2, -0.15) is 0 Å². The van der Waals surface area contributed by atoms with E-state index in [9.17, 15) is 17.7 Å². The van der Waals surface area contributed by atoms with Crippen molar-refractivity contribution in [1.29, 1.82) is 0 Å². The van der Waals surface area contributed by atoms with Gasteiger partial charge in [-0.25, -0.2) is 0 Å². The molecule has 0 saturated carbocycles. The first kappa shape index (κ1) is 13.1. The van der Waals surface area contributed by atoms with Crippen LogP contribution in [0.5, 0.6) is 0 Å². The second-order valence-corrected chi connectivity index (χ2v) is 4.13. The van der Waals surface area contributed by atoms with E-state index in [4.69, 9.17) is 0 Å². The predicted octanol–water partition coefficient (Wildman–Crippen LogP) is 3.63. The van der Waals surface area contributed by atoms with Gasteiger partial charge in [-0.3, -0.25) is 4.79 Å². The molecule has 0 fully saturated rings. The number of hydrogen-bond acceptors (Lipinski definition) is 1. The summed E-state index contributed by atoms with van der Waals surface area (Å²) >= 11 is 3.18. The van der Waals surface area contributed by atoms with E-state index >= 15 is 0 Å². The van der Waals surface area contributed by atoms with E-state index < -0.39 is 25.6 Å². The van der Waals surface area contributed by atoms with Gasteiger partial charge in [-0.15, -0.1) is 0 Å². The SMILES string of the molecule is O=C(CC[B-](F)(F)F)Nc1ccccc1Br. The van der Waals surface area contributed by atoms with Gasteiger partial charge in [0.15, 0.2) is 0 Å². The smallest absolute Gasteiger partial charge is 0.449 e. The zero-order chi connectivity index (χ0) is 12.2. The third-order valence-corrected chi connectivity index (χ3v) is 2.54. The Morgan fingerprint density at radius 3 is 2.50 bits per heavy atom. The lowest BCUT2D eigenvalue weighted by molar-refractivity contribution is -0.116. The van der Waals surface area contributed by atoms with Crippen LogP contribution in [0.15, 0.2) is 28.7 Å². The Morgan fingerprint density at radius 2 is 1.94 bits per heavy atom. The lowest BCUT2D eigenvalue weighted by Gasteiger charge is -2.13. The Kier molecular flexibility index (Phi) is 4.40. The fraction of sp³-hybridized carbons (Fsp3) is 0.222. The molecule has 1 N–H and O–H groups in total. The van der Waals surface area contributed by atoms with E-state index in [1.54, 1.807) is 24.3 Å². The van der Waals surface area contributed by atoms with E-state index in [2.05, 4.69) is 21.2 Å². The van der Waals surface area contributed by atoms with Gasteiger partial charge in [0.25, 0.3) is 0 Å². The van der Waals surface area contributed by atoms with Crippen LogP contribution < -0.4 is 5.32 Å². The van der Waals surface area contributed by atoms with E-state index in [1.165, 1.54) is 0 Å². The average molecular weight is 295 g/mol. The van der Waals surface area contributed by atoms with Gasteiger partial charge >= 0.3 is 6.98 Å². The molecule has 0 atom stereocenters. The van der Waals surface area contributed by atoms with Crippen molar-refractivity contribution in [2.24, 2.45) is 0 Å². The van der Waals surface area contributed by atoms with E-state index in [-0.39, 0.29) is 0 Å². The molecule has 0 aromatic heterocycles. The molecule has 0 aliphatic carbocycles. The molecular formula is C9H9BBrF3NO-. The second-order valence-electron chi connectivity index (χ2n) is 3.28. The molecule has 0 spiro atoms. The number of benzene rings is 1. The summed E-state index contributed by atoms with van der Waals surface area (Å²) in [7, 11) is 0. The van der Waals surface area contributed by atoms with Gasteiger partial charge in [0, 0.05) is 10.9 Å². The van der Waals surface area contributed by atoms with Crippen LogP contribution in [0.4, 0.5) is 18.6 Å². The summed E-state index contributed by atoms with van der Waals surface area (Å²) in [6.07, 6.45) is -1.58. The van der Waals surface area contributed by atoms with Crippen molar-refractivity contribution in [1.82, 2.24) is 0 Å². The minimum atomic E-state index is -4.90. The summed E-state index contributed by atoms with van der Waals surface area (Å²) in [6.45, 7) is -4.90. The number of para-hydroxylation sites is 1. The molecule has 7 heteroatoms. The Labute approximate surface area is 99.4 Å². The minimum absolute atomic E-state index is 0.474. The Morgan fingerprint density at radius 1 is 1.31 bits per heavy atom. The predicted molar refractivity (Wildman–Crippen MR) is 61.3 cm³/mol. The molecule has 0 aliphatic heterocycles. The number of anilines is 1. The van der Waals surface area contributed by atoms with Crippen molar-refractivity contribution >= 4 is 34.5 Å². The maximum atomic E-state index is 11.9. The number of carbonyl (C=O) groups is 1. The number of amides is 1. The summed E-state index contributed by atoms with van der Waals surface area (Å²) in [5, 5.41) is 2.41. The highest BCUT2D eigenvalue weighted by Crippen LogP contribution is 2.22. The lowest BCUT2D eigenvalue weighted by atomic mass is 9.84. The van der Waals surface area contributed by atoms with Crippen LogP contribution in [0.1, 0.15) is 6.42 Å². The molecule has 1 rings (SSSR count). The van der Waals surface area contributed by atoms with Crippen molar-refractivity contribution in [2.45, 2.75) is 12.7 Å². The van der Waals surface area contributed by atoms with Gasteiger partial charge in [0.05, 0.1) is 5.69 Å². The largest absolute Gasteiger partial charge is 0.478 e. The highest BCUT2D eigenvalue weighted by molar-refractivity contribution is 9.10. The second kappa shape index (κ2) is 5.38. The Balaban J connectivity index is 2.50. The number of halogens is 4. The first-order chi connectivity index (χ1) is 7.38. The van der Waals surface area contributed by atoms with Crippen LogP contribution in [0.2, 0.25) is 6.32 Å². The molecule has 0 saturated heterocycles. The van der Waals surface area contributed by atoms with Gasteiger partial charge < -0.3 is 18.3 Å². The number of rotatable bonds is 4. The van der Waals surface area contributed by atoms with Gasteiger partial charge in [0.1, 0.15) is 0 Å². The monoisotopic (exact) mass is 294 g/mol. The summed E-state index contributed by atoms with van der Waals surface area (Å²) < 4.78 is 36.4. The van der Waals surface area contributed by atoms with Crippen molar-refractivity contribution < 1.29 is 17.7 Å². The molecule has 16 heavy (non-hydrogen) atoms. The molecule has 0 radical (unpaired) electrons. The third kappa shape index (κ3) is 4.70. The van der Waals surface area contributed by atoms with Crippen LogP contribution in [-0.4, -0.2) is 12.9 Å². The molecule has 1 aromatic rings. The number of nitrogens with one attached hydrogen (secondary N) is 1. The van der Waals surface area contributed by atoms with E-state index in [1.807, 2.05) is 0 Å². The normalized spacial score (nSPS) is 11.2. The highest BCUT2D eigenvalue weighted by Gasteiger charge is 2.23. The van der Waals surface area contributed by atoms with Crippen molar-refractivity contribution in [3.05, 3.63) is 28.7 Å². The van der Waals surface area contributed by atoms with Crippen LogP contribution in [0.25, 0.3) is 0 Å². The van der Waals surface area contributed by atoms with Crippen LogP contribution >= 0.6 is 15.9 Å². The van der Waals surface area contributed by atoms with Crippen LogP contribution in [-0.2, 0) is 4.79 Å². The molecule has 1 amide bonds.